The third kappa shape index (κ3) is 3.48. The van der Waals surface area contributed by atoms with Crippen LogP contribution in [-0.2, 0) is 0 Å². The Bertz CT molecular complexity index is 613. The van der Waals surface area contributed by atoms with E-state index in [1.165, 1.54) is 36.5 Å². The van der Waals surface area contributed by atoms with Crippen molar-refractivity contribution in [2.24, 2.45) is 4.99 Å². The van der Waals surface area contributed by atoms with Crippen molar-refractivity contribution in [2.45, 2.75) is 17.7 Å². The fourth-order valence-electron chi connectivity index (χ4n) is 2.63. The van der Waals surface area contributed by atoms with Crippen LogP contribution < -0.4 is 4.90 Å². The Balaban J connectivity index is 1.74. The van der Waals surface area contributed by atoms with Gasteiger partial charge in [0.2, 0.25) is 0 Å². The fraction of sp³-hybridized carbons (Fsp3) is 0.278. The molecule has 3 heteroatoms. The number of anilines is 1. The van der Waals surface area contributed by atoms with Crippen LogP contribution in [-0.4, -0.2) is 25.6 Å². The van der Waals surface area contributed by atoms with E-state index >= 15 is 0 Å². The second kappa shape index (κ2) is 6.81. The molecule has 1 heterocycles. The lowest BCUT2D eigenvalue weighted by atomic mass is 10.2. The van der Waals surface area contributed by atoms with E-state index in [4.69, 9.17) is 0 Å². The maximum atomic E-state index is 4.62. The average Bonchev–Trinajstić information content (AvgIpc) is 3.08. The van der Waals surface area contributed by atoms with E-state index in [2.05, 4.69) is 58.6 Å². The van der Waals surface area contributed by atoms with E-state index in [0.29, 0.717) is 0 Å². The van der Waals surface area contributed by atoms with E-state index in [1.54, 1.807) is 11.8 Å². The van der Waals surface area contributed by atoms with Crippen molar-refractivity contribution in [3.05, 3.63) is 54.1 Å². The highest BCUT2D eigenvalue weighted by Crippen LogP contribution is 2.27. The van der Waals surface area contributed by atoms with Crippen molar-refractivity contribution in [1.29, 1.82) is 0 Å². The topological polar surface area (TPSA) is 15.6 Å². The normalized spacial score (nSPS) is 15.0. The first-order valence-corrected chi connectivity index (χ1v) is 8.61. The molecule has 0 N–H and O–H groups in total. The number of hydrogen-bond donors (Lipinski definition) is 0. The first kappa shape index (κ1) is 14.2. The number of nitrogens with zero attached hydrogens (tertiary/aromatic N) is 2. The minimum Gasteiger partial charge on any atom is -0.372 e. The Morgan fingerprint density at radius 2 is 1.71 bits per heavy atom. The summed E-state index contributed by atoms with van der Waals surface area (Å²) in [4.78, 5) is 8.27. The van der Waals surface area contributed by atoms with Crippen LogP contribution >= 0.6 is 11.8 Å². The zero-order valence-electron chi connectivity index (χ0n) is 12.3. The summed E-state index contributed by atoms with van der Waals surface area (Å²) in [5.74, 6) is 0. The quantitative estimate of drug-likeness (QED) is 0.597. The molecule has 1 fully saturated rings. The molecule has 1 aliphatic heterocycles. The van der Waals surface area contributed by atoms with Crippen molar-refractivity contribution in [1.82, 2.24) is 0 Å². The zero-order chi connectivity index (χ0) is 14.5. The third-order valence-electron chi connectivity index (χ3n) is 3.80. The van der Waals surface area contributed by atoms with Crippen LogP contribution in [0.4, 0.5) is 11.4 Å². The van der Waals surface area contributed by atoms with Crippen LogP contribution in [0.2, 0.25) is 0 Å². The van der Waals surface area contributed by atoms with Crippen LogP contribution in [0.3, 0.4) is 0 Å². The van der Waals surface area contributed by atoms with E-state index in [9.17, 15) is 0 Å². The molecule has 0 spiro atoms. The maximum Gasteiger partial charge on any atom is 0.0765 e. The molecule has 2 aromatic carbocycles. The maximum absolute atomic E-state index is 4.62. The standard InChI is InChI=1S/C18H20N2S/c1-21-18-7-3-2-6-17(18)19-14-15-8-10-16(11-9-15)20-12-4-5-13-20/h2-3,6-11,14H,4-5,12-13H2,1H3. The second-order valence-corrected chi connectivity index (χ2v) is 6.06. The monoisotopic (exact) mass is 296 g/mol. The van der Waals surface area contributed by atoms with Gasteiger partial charge in [0.1, 0.15) is 0 Å². The lowest BCUT2D eigenvalue weighted by Gasteiger charge is -2.17. The average molecular weight is 296 g/mol. The Morgan fingerprint density at radius 1 is 1.00 bits per heavy atom. The van der Waals surface area contributed by atoms with Gasteiger partial charge >= 0.3 is 0 Å². The molecule has 2 nitrogen and oxygen atoms in total. The van der Waals surface area contributed by atoms with Crippen LogP contribution in [0.1, 0.15) is 18.4 Å². The van der Waals surface area contributed by atoms with Crippen molar-refractivity contribution in [3.63, 3.8) is 0 Å². The second-order valence-electron chi connectivity index (χ2n) is 5.22. The van der Waals surface area contributed by atoms with Crippen LogP contribution in [0.15, 0.2) is 58.4 Å². The fourth-order valence-corrected chi connectivity index (χ4v) is 3.17. The molecule has 0 amide bonds. The predicted molar refractivity (Wildman–Crippen MR) is 93.4 cm³/mol. The summed E-state index contributed by atoms with van der Waals surface area (Å²) in [6.45, 7) is 2.38. The van der Waals surface area contributed by atoms with Crippen molar-refractivity contribution in [3.8, 4) is 0 Å². The lowest BCUT2D eigenvalue weighted by Crippen LogP contribution is -2.17. The molecule has 0 bridgehead atoms. The summed E-state index contributed by atoms with van der Waals surface area (Å²) in [5.41, 5.74) is 3.51. The Hall–Kier alpha value is -1.74. The molecule has 0 saturated carbocycles. The molecule has 0 radical (unpaired) electrons. The van der Waals surface area contributed by atoms with Gasteiger partial charge in [0.15, 0.2) is 0 Å². The molecule has 0 aromatic heterocycles. The number of rotatable bonds is 4. The van der Waals surface area contributed by atoms with Crippen LogP contribution in [0.5, 0.6) is 0 Å². The molecule has 2 aromatic rings. The first-order valence-electron chi connectivity index (χ1n) is 7.39. The summed E-state index contributed by atoms with van der Waals surface area (Å²) in [6, 6.07) is 16.9. The molecule has 1 saturated heterocycles. The van der Waals surface area contributed by atoms with Gasteiger partial charge in [-0.15, -0.1) is 11.8 Å². The molecule has 0 unspecified atom stereocenters. The summed E-state index contributed by atoms with van der Waals surface area (Å²) in [7, 11) is 0. The predicted octanol–water partition coefficient (Wildman–Crippen LogP) is 4.76. The van der Waals surface area contributed by atoms with Gasteiger partial charge in [0.25, 0.3) is 0 Å². The van der Waals surface area contributed by atoms with E-state index in [1.807, 2.05) is 12.3 Å². The van der Waals surface area contributed by atoms with Gasteiger partial charge < -0.3 is 4.90 Å². The highest BCUT2D eigenvalue weighted by molar-refractivity contribution is 7.98. The van der Waals surface area contributed by atoms with Gasteiger partial charge in [-0.2, -0.15) is 0 Å². The molecule has 1 aliphatic rings. The minimum atomic E-state index is 1.04. The molecular formula is C18H20N2S. The first-order chi connectivity index (χ1) is 10.4. The summed E-state index contributed by atoms with van der Waals surface area (Å²) >= 11 is 1.73. The lowest BCUT2D eigenvalue weighted by molar-refractivity contribution is 0.949. The Kier molecular flexibility index (Phi) is 4.61. The number of hydrogen-bond acceptors (Lipinski definition) is 3. The van der Waals surface area contributed by atoms with Gasteiger partial charge in [-0.25, -0.2) is 0 Å². The van der Waals surface area contributed by atoms with Gasteiger partial charge in [-0.3, -0.25) is 4.99 Å². The minimum absolute atomic E-state index is 1.04. The molecule has 0 atom stereocenters. The van der Waals surface area contributed by atoms with Gasteiger partial charge in [-0.1, -0.05) is 24.3 Å². The van der Waals surface area contributed by atoms with Crippen molar-refractivity contribution < 1.29 is 0 Å². The number of benzene rings is 2. The van der Waals surface area contributed by atoms with Gasteiger partial charge in [0, 0.05) is 29.9 Å². The number of aliphatic imine (C=N–C) groups is 1. The molecular weight excluding hydrogens is 276 g/mol. The SMILES string of the molecule is CSc1ccccc1N=Cc1ccc(N2CCCC2)cc1. The van der Waals surface area contributed by atoms with E-state index < -0.39 is 0 Å². The molecule has 3 rings (SSSR count). The van der Waals surface area contributed by atoms with E-state index in [0.717, 1.165) is 11.3 Å². The van der Waals surface area contributed by atoms with Crippen molar-refractivity contribution in [2.75, 3.05) is 24.2 Å². The summed E-state index contributed by atoms with van der Waals surface area (Å²) in [6.07, 6.45) is 6.66. The van der Waals surface area contributed by atoms with Gasteiger partial charge in [-0.05, 0) is 48.9 Å². The van der Waals surface area contributed by atoms with Gasteiger partial charge in [0.05, 0.1) is 5.69 Å². The smallest absolute Gasteiger partial charge is 0.0765 e. The van der Waals surface area contributed by atoms with E-state index in [-0.39, 0.29) is 0 Å². The summed E-state index contributed by atoms with van der Waals surface area (Å²) < 4.78 is 0. The third-order valence-corrected chi connectivity index (χ3v) is 4.59. The highest BCUT2D eigenvalue weighted by Gasteiger charge is 2.11. The zero-order valence-corrected chi connectivity index (χ0v) is 13.1. The Morgan fingerprint density at radius 3 is 2.43 bits per heavy atom. The molecule has 108 valence electrons. The number of para-hydroxylation sites is 1. The molecule has 0 aliphatic carbocycles. The number of thioether (sulfide) groups is 1. The molecule has 21 heavy (non-hydrogen) atoms. The Labute approximate surface area is 130 Å². The summed E-state index contributed by atoms with van der Waals surface area (Å²) in [5, 5.41) is 0. The van der Waals surface area contributed by atoms with Crippen LogP contribution in [0.25, 0.3) is 0 Å². The van der Waals surface area contributed by atoms with Crippen LogP contribution in [0, 0.1) is 0 Å². The van der Waals surface area contributed by atoms with Crippen molar-refractivity contribution >= 4 is 29.4 Å². The largest absolute Gasteiger partial charge is 0.372 e. The highest BCUT2D eigenvalue weighted by atomic mass is 32.2.